The number of hydrogen-bond donors (Lipinski definition) is 2. The summed E-state index contributed by atoms with van der Waals surface area (Å²) in [5, 5.41) is 20.9. The van der Waals surface area contributed by atoms with Gasteiger partial charge in [-0.05, 0) is 26.0 Å². The highest BCUT2D eigenvalue weighted by Crippen LogP contribution is 2.40. The third kappa shape index (κ3) is 3.55. The average Bonchev–Trinajstić information content (AvgIpc) is 2.80. The quantitative estimate of drug-likeness (QED) is 0.815. The van der Waals surface area contributed by atoms with Gasteiger partial charge in [-0.3, -0.25) is 0 Å². The summed E-state index contributed by atoms with van der Waals surface area (Å²) in [6, 6.07) is 8.59. The molecule has 0 amide bonds. The third-order valence-electron chi connectivity index (χ3n) is 4.25. The van der Waals surface area contributed by atoms with Crippen LogP contribution in [0.3, 0.4) is 0 Å². The van der Waals surface area contributed by atoms with Gasteiger partial charge in [-0.1, -0.05) is 18.2 Å². The van der Waals surface area contributed by atoms with E-state index in [4.69, 9.17) is 14.2 Å². The molecule has 1 heterocycles. The SMILES string of the molecule is CC1(C)O[C@H]2[C@@H](O)C[C@](O)(COC(=O)c3ccccc3)C[C@H]2O1. The molecule has 23 heavy (non-hydrogen) atoms. The van der Waals surface area contributed by atoms with E-state index in [0.29, 0.717) is 5.56 Å². The molecule has 6 heteroatoms. The molecule has 6 nitrogen and oxygen atoms in total. The van der Waals surface area contributed by atoms with Crippen molar-refractivity contribution in [2.24, 2.45) is 0 Å². The van der Waals surface area contributed by atoms with Crippen molar-refractivity contribution in [3.63, 3.8) is 0 Å². The van der Waals surface area contributed by atoms with Gasteiger partial charge in [-0.25, -0.2) is 4.79 Å². The first kappa shape index (κ1) is 16.4. The van der Waals surface area contributed by atoms with Gasteiger partial charge in [0.1, 0.15) is 18.3 Å². The Bertz CT molecular complexity index is 572. The monoisotopic (exact) mass is 322 g/mol. The minimum Gasteiger partial charge on any atom is -0.459 e. The third-order valence-corrected chi connectivity index (χ3v) is 4.25. The van der Waals surface area contributed by atoms with E-state index in [2.05, 4.69) is 0 Å². The summed E-state index contributed by atoms with van der Waals surface area (Å²) in [7, 11) is 0. The Morgan fingerprint density at radius 2 is 1.96 bits per heavy atom. The lowest BCUT2D eigenvalue weighted by molar-refractivity contribution is -0.153. The normalized spacial score (nSPS) is 35.6. The van der Waals surface area contributed by atoms with Gasteiger partial charge in [0.15, 0.2) is 5.79 Å². The van der Waals surface area contributed by atoms with Crippen LogP contribution in [0, 0.1) is 0 Å². The maximum absolute atomic E-state index is 12.0. The number of carbonyl (C=O) groups is 1. The van der Waals surface area contributed by atoms with E-state index >= 15 is 0 Å². The predicted octanol–water partition coefficient (Wildman–Crippen LogP) is 1.25. The fourth-order valence-corrected chi connectivity index (χ4v) is 3.29. The molecule has 4 atom stereocenters. The van der Waals surface area contributed by atoms with Crippen molar-refractivity contribution in [2.45, 2.75) is 56.4 Å². The number of fused-ring (bicyclic) bond motifs is 1. The van der Waals surface area contributed by atoms with Gasteiger partial charge in [0.05, 0.1) is 17.8 Å². The minimum atomic E-state index is -1.32. The van der Waals surface area contributed by atoms with E-state index in [9.17, 15) is 15.0 Å². The number of ether oxygens (including phenoxy) is 3. The van der Waals surface area contributed by atoms with Gasteiger partial charge in [-0.2, -0.15) is 0 Å². The molecule has 1 saturated carbocycles. The first-order chi connectivity index (χ1) is 10.8. The Morgan fingerprint density at radius 3 is 2.65 bits per heavy atom. The molecule has 1 aliphatic carbocycles. The molecule has 1 saturated heterocycles. The zero-order valence-corrected chi connectivity index (χ0v) is 13.3. The minimum absolute atomic E-state index is 0.0790. The number of carbonyl (C=O) groups excluding carboxylic acids is 1. The summed E-state index contributed by atoms with van der Waals surface area (Å²) < 4.78 is 16.6. The topological polar surface area (TPSA) is 85.2 Å². The molecule has 1 aliphatic heterocycles. The molecule has 0 radical (unpaired) electrons. The molecule has 1 aromatic carbocycles. The second-order valence-electron chi connectivity index (χ2n) is 6.78. The summed E-state index contributed by atoms with van der Waals surface area (Å²) in [6.45, 7) is 3.35. The Balaban J connectivity index is 1.63. The van der Waals surface area contributed by atoms with Crippen LogP contribution in [-0.4, -0.2) is 52.5 Å². The van der Waals surface area contributed by atoms with E-state index in [1.165, 1.54) is 0 Å². The fraction of sp³-hybridized carbons (Fsp3) is 0.588. The maximum Gasteiger partial charge on any atom is 0.338 e. The number of rotatable bonds is 3. The number of aliphatic hydroxyl groups excluding tert-OH is 1. The fourth-order valence-electron chi connectivity index (χ4n) is 3.29. The van der Waals surface area contributed by atoms with Crippen molar-refractivity contribution >= 4 is 5.97 Å². The Kier molecular flexibility index (Phi) is 4.18. The summed E-state index contributed by atoms with van der Waals surface area (Å²) in [5.74, 6) is -1.29. The molecule has 2 aliphatic rings. The highest BCUT2D eigenvalue weighted by Gasteiger charge is 2.53. The Morgan fingerprint density at radius 1 is 1.26 bits per heavy atom. The van der Waals surface area contributed by atoms with Crippen LogP contribution < -0.4 is 0 Å². The zero-order valence-electron chi connectivity index (χ0n) is 13.3. The van der Waals surface area contributed by atoms with Crippen molar-refractivity contribution in [3.05, 3.63) is 35.9 Å². The van der Waals surface area contributed by atoms with Crippen LogP contribution in [0.25, 0.3) is 0 Å². The summed E-state index contributed by atoms with van der Waals surface area (Å²) in [4.78, 5) is 12.0. The molecule has 2 fully saturated rings. The molecule has 0 aromatic heterocycles. The van der Waals surface area contributed by atoms with Crippen LogP contribution >= 0.6 is 0 Å². The van der Waals surface area contributed by atoms with E-state index in [0.717, 1.165) is 0 Å². The van der Waals surface area contributed by atoms with Crippen molar-refractivity contribution in [2.75, 3.05) is 6.61 Å². The lowest BCUT2D eigenvalue weighted by Gasteiger charge is -2.39. The van der Waals surface area contributed by atoms with Crippen LogP contribution in [0.2, 0.25) is 0 Å². The van der Waals surface area contributed by atoms with E-state index in [1.54, 1.807) is 44.2 Å². The van der Waals surface area contributed by atoms with E-state index in [-0.39, 0.29) is 19.4 Å². The van der Waals surface area contributed by atoms with Gasteiger partial charge in [0, 0.05) is 12.8 Å². The molecule has 2 N–H and O–H groups in total. The van der Waals surface area contributed by atoms with Crippen LogP contribution in [0.15, 0.2) is 30.3 Å². The standard InChI is InChI=1S/C17H22O6/c1-16(2)22-13-9-17(20,8-12(18)14(13)23-16)10-21-15(19)11-6-4-3-5-7-11/h3-7,12-14,18,20H,8-10H2,1-2H3/t12-,13+,14-,17+/m0/s1. The first-order valence-corrected chi connectivity index (χ1v) is 7.76. The van der Waals surface area contributed by atoms with Crippen LogP contribution in [0.4, 0.5) is 0 Å². The Hall–Kier alpha value is -1.47. The molecule has 1 aromatic rings. The van der Waals surface area contributed by atoms with Crippen molar-refractivity contribution in [3.8, 4) is 0 Å². The zero-order chi connectivity index (χ0) is 16.7. The molecule has 0 bridgehead atoms. The summed E-state index contributed by atoms with van der Waals surface area (Å²) >= 11 is 0. The first-order valence-electron chi connectivity index (χ1n) is 7.76. The highest BCUT2D eigenvalue weighted by atomic mass is 16.8. The van der Waals surface area contributed by atoms with Gasteiger partial charge >= 0.3 is 5.97 Å². The molecule has 0 spiro atoms. The van der Waals surface area contributed by atoms with Crippen LogP contribution in [-0.2, 0) is 14.2 Å². The molecule has 0 unspecified atom stereocenters. The predicted molar refractivity (Wildman–Crippen MR) is 80.7 cm³/mol. The highest BCUT2D eigenvalue weighted by molar-refractivity contribution is 5.89. The van der Waals surface area contributed by atoms with Crippen molar-refractivity contribution in [1.29, 1.82) is 0 Å². The molecule has 3 rings (SSSR count). The largest absolute Gasteiger partial charge is 0.459 e. The number of esters is 1. The van der Waals surface area contributed by atoms with Crippen LogP contribution in [0.1, 0.15) is 37.0 Å². The number of benzene rings is 1. The van der Waals surface area contributed by atoms with Crippen LogP contribution in [0.5, 0.6) is 0 Å². The second kappa shape index (κ2) is 5.87. The molecule has 126 valence electrons. The lowest BCUT2D eigenvalue weighted by atomic mass is 9.80. The van der Waals surface area contributed by atoms with Gasteiger partial charge in [-0.15, -0.1) is 0 Å². The number of aliphatic hydroxyl groups is 2. The smallest absolute Gasteiger partial charge is 0.338 e. The van der Waals surface area contributed by atoms with E-state index in [1.807, 2.05) is 0 Å². The van der Waals surface area contributed by atoms with Gasteiger partial charge in [0.2, 0.25) is 0 Å². The Labute approximate surface area is 135 Å². The maximum atomic E-state index is 12.0. The number of hydrogen-bond acceptors (Lipinski definition) is 6. The van der Waals surface area contributed by atoms with Crippen molar-refractivity contribution < 1.29 is 29.2 Å². The van der Waals surface area contributed by atoms with Gasteiger partial charge < -0.3 is 24.4 Å². The lowest BCUT2D eigenvalue weighted by Crippen LogP contribution is -2.53. The van der Waals surface area contributed by atoms with Gasteiger partial charge in [0.25, 0.3) is 0 Å². The van der Waals surface area contributed by atoms with Crippen molar-refractivity contribution in [1.82, 2.24) is 0 Å². The summed E-state index contributed by atoms with van der Waals surface area (Å²) in [6.07, 6.45) is -1.42. The molecular formula is C17H22O6. The van der Waals surface area contributed by atoms with E-state index < -0.39 is 35.7 Å². The second-order valence-corrected chi connectivity index (χ2v) is 6.78. The average molecular weight is 322 g/mol. The summed E-state index contributed by atoms with van der Waals surface area (Å²) in [5.41, 5.74) is -0.902. The molecular weight excluding hydrogens is 300 g/mol.